The van der Waals surface area contributed by atoms with Gasteiger partial charge in [0.1, 0.15) is 5.37 Å². The second kappa shape index (κ2) is 3.83. The van der Waals surface area contributed by atoms with Gasteiger partial charge >= 0.3 is 0 Å². The predicted molar refractivity (Wildman–Crippen MR) is 68.2 cm³/mol. The number of aromatic nitrogens is 1. The average Bonchev–Trinajstić information content (AvgIpc) is 2.81. The second-order valence-corrected chi connectivity index (χ2v) is 6.17. The first kappa shape index (κ1) is 11.3. The first-order valence-corrected chi connectivity index (χ1v) is 7.13. The van der Waals surface area contributed by atoms with Crippen LogP contribution in [0.2, 0.25) is 0 Å². The highest BCUT2D eigenvalue weighted by atomic mass is 32.2. The number of hydrogen-bond acceptors (Lipinski definition) is 5. The molecule has 4 nitrogen and oxygen atoms in total. The molecule has 3 rings (SSSR count). The summed E-state index contributed by atoms with van der Waals surface area (Å²) < 4.78 is 0. The smallest absolute Gasteiger partial charge is 0.236 e. The van der Waals surface area contributed by atoms with Crippen molar-refractivity contribution in [1.82, 2.24) is 9.88 Å². The normalized spacial score (nSPS) is 27.5. The van der Waals surface area contributed by atoms with Crippen molar-refractivity contribution in [2.45, 2.75) is 19.2 Å². The van der Waals surface area contributed by atoms with Crippen molar-refractivity contribution in [2.75, 3.05) is 6.61 Å². The average molecular weight is 268 g/mol. The van der Waals surface area contributed by atoms with Crippen LogP contribution >= 0.6 is 23.1 Å². The molecule has 0 saturated carbocycles. The Hall–Kier alpha value is -0.850. The molecule has 1 amide bonds. The van der Waals surface area contributed by atoms with Crippen LogP contribution in [0, 0.1) is 12.8 Å². The van der Waals surface area contributed by atoms with Gasteiger partial charge in [0.2, 0.25) is 5.91 Å². The number of allylic oxidation sites excluding steroid dienone is 1. The molecule has 2 atom stereocenters. The van der Waals surface area contributed by atoms with E-state index in [0.29, 0.717) is 0 Å². The number of amides is 1. The number of nitrogens with zero attached hydrogens (tertiary/aromatic N) is 2. The van der Waals surface area contributed by atoms with Crippen molar-refractivity contribution in [2.24, 2.45) is 5.92 Å². The Morgan fingerprint density at radius 1 is 1.53 bits per heavy atom. The van der Waals surface area contributed by atoms with E-state index >= 15 is 0 Å². The molecule has 2 aliphatic rings. The van der Waals surface area contributed by atoms with Crippen LogP contribution in [0.5, 0.6) is 0 Å². The third-order valence-electron chi connectivity index (χ3n) is 3.23. The van der Waals surface area contributed by atoms with Crippen molar-refractivity contribution in [1.29, 1.82) is 0 Å². The summed E-state index contributed by atoms with van der Waals surface area (Å²) in [4.78, 5) is 20.1. The zero-order chi connectivity index (χ0) is 12.2. The molecule has 1 aromatic heterocycles. The fourth-order valence-corrected chi connectivity index (χ4v) is 4.82. The first-order chi connectivity index (χ1) is 8.15. The molecule has 0 aromatic carbocycles. The molecule has 3 heterocycles. The SMILES string of the molecule is CC1=C(c2scnc2C)S[C@@H]2[C@@H](CO)C(=O)N12. The molecular weight excluding hydrogens is 256 g/mol. The molecule has 1 saturated heterocycles. The van der Waals surface area contributed by atoms with Crippen LogP contribution < -0.4 is 0 Å². The van der Waals surface area contributed by atoms with Gasteiger partial charge in [0, 0.05) is 10.6 Å². The standard InChI is InChI=1S/C11H12N2O2S2/c1-5-8(16-4-12-5)9-6(2)13-10(15)7(3-14)11(13)17-9/h4,7,11,14H,3H2,1-2H3/t7-,11+/m0/s1. The third kappa shape index (κ3) is 1.41. The molecule has 0 unspecified atom stereocenters. The quantitative estimate of drug-likeness (QED) is 0.829. The minimum absolute atomic E-state index is 0.0414. The Morgan fingerprint density at radius 2 is 2.29 bits per heavy atom. The number of rotatable bonds is 2. The number of aliphatic hydroxyl groups is 1. The summed E-state index contributed by atoms with van der Waals surface area (Å²) in [5.41, 5.74) is 3.83. The minimum Gasteiger partial charge on any atom is -0.395 e. The van der Waals surface area contributed by atoms with Gasteiger partial charge in [-0.15, -0.1) is 11.3 Å². The van der Waals surface area contributed by atoms with E-state index in [1.165, 1.54) is 0 Å². The summed E-state index contributed by atoms with van der Waals surface area (Å²) in [6.07, 6.45) is 0. The Balaban J connectivity index is 1.97. The number of aliphatic hydroxyl groups excluding tert-OH is 1. The summed E-state index contributed by atoms with van der Waals surface area (Å²) >= 11 is 3.27. The van der Waals surface area contributed by atoms with E-state index in [-0.39, 0.29) is 23.8 Å². The first-order valence-electron chi connectivity index (χ1n) is 5.37. The fraction of sp³-hybridized carbons (Fsp3) is 0.455. The maximum atomic E-state index is 11.8. The fourth-order valence-electron chi connectivity index (χ4n) is 2.24. The molecular formula is C11H12N2O2S2. The van der Waals surface area contributed by atoms with E-state index in [1.54, 1.807) is 28.0 Å². The number of thioether (sulfide) groups is 1. The van der Waals surface area contributed by atoms with Crippen molar-refractivity contribution in [3.63, 3.8) is 0 Å². The van der Waals surface area contributed by atoms with E-state index < -0.39 is 0 Å². The summed E-state index contributed by atoms with van der Waals surface area (Å²) in [5, 5.41) is 9.26. The molecule has 2 aliphatic heterocycles. The summed E-state index contributed by atoms with van der Waals surface area (Å²) in [6.45, 7) is 3.88. The van der Waals surface area contributed by atoms with Crippen LogP contribution in [0.4, 0.5) is 0 Å². The monoisotopic (exact) mass is 268 g/mol. The van der Waals surface area contributed by atoms with E-state index in [2.05, 4.69) is 4.98 Å². The molecule has 0 aliphatic carbocycles. The molecule has 6 heteroatoms. The minimum atomic E-state index is -0.235. The van der Waals surface area contributed by atoms with Crippen LogP contribution in [0.3, 0.4) is 0 Å². The van der Waals surface area contributed by atoms with Crippen molar-refractivity contribution >= 4 is 33.9 Å². The van der Waals surface area contributed by atoms with Gasteiger partial charge in [-0.25, -0.2) is 4.98 Å². The number of carbonyl (C=O) groups excluding carboxylic acids is 1. The number of carbonyl (C=O) groups is 1. The lowest BCUT2D eigenvalue weighted by Crippen LogP contribution is -2.57. The lowest BCUT2D eigenvalue weighted by Gasteiger charge is -2.41. The van der Waals surface area contributed by atoms with E-state index in [4.69, 9.17) is 0 Å². The Labute approximate surface area is 107 Å². The van der Waals surface area contributed by atoms with Crippen molar-refractivity contribution < 1.29 is 9.90 Å². The zero-order valence-corrected chi connectivity index (χ0v) is 11.1. The van der Waals surface area contributed by atoms with Crippen molar-refractivity contribution in [3.8, 4) is 0 Å². The van der Waals surface area contributed by atoms with E-state index in [1.807, 2.05) is 19.4 Å². The number of aryl methyl sites for hydroxylation is 1. The summed E-state index contributed by atoms with van der Waals surface area (Å²) in [5.74, 6) is -0.194. The number of hydrogen-bond donors (Lipinski definition) is 1. The van der Waals surface area contributed by atoms with E-state index in [0.717, 1.165) is 21.2 Å². The molecule has 1 N–H and O–H groups in total. The summed E-state index contributed by atoms with van der Waals surface area (Å²) in [6, 6.07) is 0. The molecule has 17 heavy (non-hydrogen) atoms. The Morgan fingerprint density at radius 3 is 2.88 bits per heavy atom. The van der Waals surface area contributed by atoms with Gasteiger partial charge in [0.25, 0.3) is 0 Å². The number of thiazole rings is 1. The van der Waals surface area contributed by atoms with Gasteiger partial charge in [-0.2, -0.15) is 0 Å². The van der Waals surface area contributed by atoms with Crippen LogP contribution in [0.25, 0.3) is 4.91 Å². The third-order valence-corrected chi connectivity index (χ3v) is 5.82. The molecule has 0 bridgehead atoms. The van der Waals surface area contributed by atoms with Crippen molar-refractivity contribution in [3.05, 3.63) is 21.8 Å². The molecule has 1 aromatic rings. The highest BCUT2D eigenvalue weighted by Crippen LogP contribution is 2.53. The van der Waals surface area contributed by atoms with E-state index in [9.17, 15) is 9.90 Å². The lowest BCUT2D eigenvalue weighted by atomic mass is 9.98. The van der Waals surface area contributed by atoms with Gasteiger partial charge in [-0.3, -0.25) is 4.79 Å². The van der Waals surface area contributed by atoms with Crippen LogP contribution in [0.15, 0.2) is 11.2 Å². The molecule has 0 spiro atoms. The molecule has 90 valence electrons. The van der Waals surface area contributed by atoms with Gasteiger partial charge in [0.15, 0.2) is 0 Å². The Kier molecular flexibility index (Phi) is 2.53. The topological polar surface area (TPSA) is 53.4 Å². The van der Waals surface area contributed by atoms with Gasteiger partial charge in [-0.1, -0.05) is 11.8 Å². The van der Waals surface area contributed by atoms with Gasteiger partial charge < -0.3 is 10.0 Å². The zero-order valence-electron chi connectivity index (χ0n) is 9.51. The second-order valence-electron chi connectivity index (χ2n) is 4.19. The highest BCUT2D eigenvalue weighted by Gasteiger charge is 2.53. The number of β-lactam (4-membered cyclic amide) rings is 1. The predicted octanol–water partition coefficient (Wildman–Crippen LogP) is 1.66. The molecule has 1 fully saturated rings. The Bertz CT molecular complexity index is 523. The largest absolute Gasteiger partial charge is 0.395 e. The number of fused-ring (bicyclic) bond motifs is 1. The van der Waals surface area contributed by atoms with Crippen LogP contribution in [-0.4, -0.2) is 32.9 Å². The van der Waals surface area contributed by atoms with Crippen LogP contribution in [0.1, 0.15) is 17.5 Å². The van der Waals surface area contributed by atoms with Crippen LogP contribution in [-0.2, 0) is 4.79 Å². The summed E-state index contributed by atoms with van der Waals surface area (Å²) in [7, 11) is 0. The van der Waals surface area contributed by atoms with Gasteiger partial charge in [0.05, 0.1) is 28.6 Å². The lowest BCUT2D eigenvalue weighted by molar-refractivity contribution is -0.148. The molecule has 0 radical (unpaired) electrons. The maximum absolute atomic E-state index is 11.8. The highest BCUT2D eigenvalue weighted by molar-refractivity contribution is 8.09. The van der Waals surface area contributed by atoms with Gasteiger partial charge in [-0.05, 0) is 13.8 Å². The maximum Gasteiger partial charge on any atom is 0.236 e.